The van der Waals surface area contributed by atoms with Gasteiger partial charge in [0.15, 0.2) is 0 Å². The number of aromatic nitrogens is 2. The highest BCUT2D eigenvalue weighted by Gasteiger charge is 2.25. The maximum absolute atomic E-state index is 13.3. The molecule has 130 valence electrons. The maximum Gasteiger partial charge on any atom is 0.263 e. The number of carbonyl (C=O) groups excluding carboxylic acids is 1. The molecule has 0 radical (unpaired) electrons. The normalized spacial score (nSPS) is 12.5. The van der Waals surface area contributed by atoms with Gasteiger partial charge in [-0.25, -0.2) is 4.98 Å². The van der Waals surface area contributed by atoms with Crippen LogP contribution in [0.4, 0.5) is 0 Å². The average molecular weight is 355 g/mol. The Bertz CT molecular complexity index is 1030. The Balaban J connectivity index is 2.45. The summed E-state index contributed by atoms with van der Waals surface area (Å²) in [6.45, 7) is 7.72. The molecule has 0 spiro atoms. The lowest BCUT2D eigenvalue weighted by Crippen LogP contribution is -2.35. The largest absolute Gasteiger partial charge is 0.368 e. The molecule has 0 aliphatic heterocycles. The molecule has 0 saturated heterocycles. The summed E-state index contributed by atoms with van der Waals surface area (Å²) in [6, 6.07) is 7.04. The first kappa shape index (κ1) is 17.4. The molecule has 5 nitrogen and oxygen atoms in total. The summed E-state index contributed by atoms with van der Waals surface area (Å²) in [7, 11) is 0. The minimum absolute atomic E-state index is 0.200. The number of hydrogen-bond acceptors (Lipinski definition) is 4. The van der Waals surface area contributed by atoms with Crippen LogP contribution < -0.4 is 11.3 Å². The minimum Gasteiger partial charge on any atom is -0.368 e. The van der Waals surface area contributed by atoms with Gasteiger partial charge in [-0.15, -0.1) is 11.3 Å². The van der Waals surface area contributed by atoms with Crippen molar-refractivity contribution in [1.82, 2.24) is 9.55 Å². The van der Waals surface area contributed by atoms with Crippen molar-refractivity contribution in [3.63, 3.8) is 0 Å². The first-order valence-electron chi connectivity index (χ1n) is 8.23. The van der Waals surface area contributed by atoms with E-state index in [-0.39, 0.29) is 5.56 Å². The predicted molar refractivity (Wildman–Crippen MR) is 102 cm³/mol. The van der Waals surface area contributed by atoms with Crippen LogP contribution in [0.15, 0.2) is 29.1 Å². The highest BCUT2D eigenvalue weighted by Crippen LogP contribution is 2.30. The molecular weight excluding hydrogens is 334 g/mol. The second-order valence-corrected chi connectivity index (χ2v) is 7.47. The van der Waals surface area contributed by atoms with Crippen molar-refractivity contribution < 1.29 is 4.79 Å². The maximum atomic E-state index is 13.3. The highest BCUT2D eigenvalue weighted by atomic mass is 32.1. The Hall–Kier alpha value is -2.47. The van der Waals surface area contributed by atoms with Gasteiger partial charge in [0.2, 0.25) is 5.91 Å². The number of carbonyl (C=O) groups is 1. The Labute approximate surface area is 150 Å². The van der Waals surface area contributed by atoms with Crippen molar-refractivity contribution in [2.24, 2.45) is 5.73 Å². The molecule has 0 saturated carbocycles. The van der Waals surface area contributed by atoms with Crippen LogP contribution in [0.3, 0.4) is 0 Å². The van der Waals surface area contributed by atoms with Crippen molar-refractivity contribution in [3.05, 3.63) is 50.6 Å². The Morgan fingerprint density at radius 1 is 1.32 bits per heavy atom. The standard InChI is InChI=1S/C19H21N3O2S/c1-5-14(16(20)23)22-17(13-8-6-7-10(2)9-13)21-18-15(19(22)24)11(3)12(4)25-18/h6-9,14H,5H2,1-4H3,(H2,20,23). The third-order valence-corrected chi connectivity index (χ3v) is 5.64. The first-order valence-corrected chi connectivity index (χ1v) is 9.05. The minimum atomic E-state index is -0.723. The van der Waals surface area contributed by atoms with E-state index in [1.807, 2.05) is 52.0 Å². The van der Waals surface area contributed by atoms with Crippen LogP contribution in [0.2, 0.25) is 0 Å². The number of hydrogen-bond donors (Lipinski definition) is 1. The van der Waals surface area contributed by atoms with Crippen LogP contribution in [0.5, 0.6) is 0 Å². The van der Waals surface area contributed by atoms with Gasteiger partial charge in [0.25, 0.3) is 5.56 Å². The van der Waals surface area contributed by atoms with Crippen LogP contribution in [-0.2, 0) is 4.79 Å². The Kier molecular flexibility index (Phi) is 4.47. The SMILES string of the molecule is CCC(C(N)=O)n1c(-c2cccc(C)c2)nc2sc(C)c(C)c2c1=O. The lowest BCUT2D eigenvalue weighted by Gasteiger charge is -2.19. The number of aryl methyl sites for hydroxylation is 3. The van der Waals surface area contributed by atoms with Gasteiger partial charge in [-0.1, -0.05) is 30.7 Å². The van der Waals surface area contributed by atoms with Crippen LogP contribution in [0.25, 0.3) is 21.6 Å². The third kappa shape index (κ3) is 2.87. The van der Waals surface area contributed by atoms with E-state index in [1.165, 1.54) is 15.9 Å². The highest BCUT2D eigenvalue weighted by molar-refractivity contribution is 7.18. The molecule has 0 bridgehead atoms. The number of rotatable bonds is 4. The number of benzene rings is 1. The van der Waals surface area contributed by atoms with Crippen LogP contribution in [0, 0.1) is 20.8 Å². The van der Waals surface area contributed by atoms with E-state index in [9.17, 15) is 9.59 Å². The molecule has 3 aromatic rings. The van der Waals surface area contributed by atoms with Crippen molar-refractivity contribution in [2.75, 3.05) is 0 Å². The molecule has 1 amide bonds. The summed E-state index contributed by atoms with van der Waals surface area (Å²) in [6.07, 6.45) is 0.434. The number of fused-ring (bicyclic) bond motifs is 1. The van der Waals surface area contributed by atoms with Crippen LogP contribution in [0.1, 0.15) is 35.4 Å². The molecule has 6 heteroatoms. The molecule has 1 aromatic carbocycles. The fraction of sp³-hybridized carbons (Fsp3) is 0.316. The van der Waals surface area contributed by atoms with E-state index < -0.39 is 11.9 Å². The molecule has 2 N–H and O–H groups in total. The van der Waals surface area contributed by atoms with Gasteiger partial charge >= 0.3 is 0 Å². The zero-order valence-corrected chi connectivity index (χ0v) is 15.6. The molecule has 0 aliphatic rings. The summed E-state index contributed by atoms with van der Waals surface area (Å²) in [5.74, 6) is -0.0302. The van der Waals surface area contributed by atoms with Gasteiger partial charge in [-0.05, 0) is 38.8 Å². The molecule has 3 rings (SSSR count). The molecule has 1 unspecified atom stereocenters. The zero-order chi connectivity index (χ0) is 18.3. The first-order chi connectivity index (χ1) is 11.8. The summed E-state index contributed by atoms with van der Waals surface area (Å²) >= 11 is 1.50. The van der Waals surface area contributed by atoms with Crippen LogP contribution in [-0.4, -0.2) is 15.5 Å². The van der Waals surface area contributed by atoms with E-state index in [2.05, 4.69) is 0 Å². The smallest absolute Gasteiger partial charge is 0.263 e. The quantitative estimate of drug-likeness (QED) is 0.778. The molecule has 0 aliphatic carbocycles. The molecule has 25 heavy (non-hydrogen) atoms. The van der Waals surface area contributed by atoms with Crippen LogP contribution >= 0.6 is 11.3 Å². The zero-order valence-electron chi connectivity index (χ0n) is 14.8. The van der Waals surface area contributed by atoms with E-state index >= 15 is 0 Å². The van der Waals surface area contributed by atoms with E-state index in [0.29, 0.717) is 22.5 Å². The molecule has 2 aromatic heterocycles. The fourth-order valence-electron chi connectivity index (χ4n) is 3.09. The van der Waals surface area contributed by atoms with Crippen molar-refractivity contribution in [2.45, 2.75) is 40.2 Å². The molecular formula is C19H21N3O2S. The lowest BCUT2D eigenvalue weighted by atomic mass is 10.1. The number of primary amides is 1. The van der Waals surface area contributed by atoms with Crippen molar-refractivity contribution in [1.29, 1.82) is 0 Å². The number of thiophene rings is 1. The van der Waals surface area contributed by atoms with Crippen molar-refractivity contribution >= 4 is 27.5 Å². The molecule has 0 fully saturated rings. The van der Waals surface area contributed by atoms with Gasteiger partial charge < -0.3 is 5.73 Å². The number of nitrogens with zero attached hydrogens (tertiary/aromatic N) is 2. The van der Waals surface area contributed by atoms with E-state index in [1.54, 1.807) is 0 Å². The summed E-state index contributed by atoms with van der Waals surface area (Å²) in [5, 5.41) is 0.582. The third-order valence-electron chi connectivity index (χ3n) is 4.54. The topological polar surface area (TPSA) is 78.0 Å². The summed E-state index contributed by atoms with van der Waals surface area (Å²) in [5.41, 5.74) is 8.17. The van der Waals surface area contributed by atoms with E-state index in [0.717, 1.165) is 21.6 Å². The Morgan fingerprint density at radius 2 is 2.04 bits per heavy atom. The molecule has 2 heterocycles. The van der Waals surface area contributed by atoms with Gasteiger partial charge in [-0.3, -0.25) is 14.2 Å². The predicted octanol–water partition coefficient (Wildman–Crippen LogP) is 3.49. The summed E-state index contributed by atoms with van der Waals surface area (Å²) in [4.78, 5) is 31.8. The van der Waals surface area contributed by atoms with Crippen molar-refractivity contribution in [3.8, 4) is 11.4 Å². The second-order valence-electron chi connectivity index (χ2n) is 6.27. The second kappa shape index (κ2) is 6.44. The van der Waals surface area contributed by atoms with Gasteiger partial charge in [0, 0.05) is 10.4 Å². The summed E-state index contributed by atoms with van der Waals surface area (Å²) < 4.78 is 1.47. The number of nitrogens with two attached hydrogens (primary N) is 1. The Morgan fingerprint density at radius 3 is 2.64 bits per heavy atom. The average Bonchev–Trinajstić information content (AvgIpc) is 2.84. The fourth-order valence-corrected chi connectivity index (χ4v) is 4.11. The number of amides is 1. The van der Waals surface area contributed by atoms with Gasteiger partial charge in [0.1, 0.15) is 16.7 Å². The van der Waals surface area contributed by atoms with E-state index in [4.69, 9.17) is 10.7 Å². The lowest BCUT2D eigenvalue weighted by molar-refractivity contribution is -0.121. The monoisotopic (exact) mass is 355 g/mol. The van der Waals surface area contributed by atoms with Gasteiger partial charge in [-0.2, -0.15) is 0 Å². The molecule has 1 atom stereocenters. The van der Waals surface area contributed by atoms with Gasteiger partial charge in [0.05, 0.1) is 5.39 Å².